The van der Waals surface area contributed by atoms with E-state index < -0.39 is 0 Å². The van der Waals surface area contributed by atoms with Gasteiger partial charge < -0.3 is 4.74 Å². The second kappa shape index (κ2) is 8.66. The molecular weight excluding hydrogens is 430 g/mol. The first-order valence-corrected chi connectivity index (χ1v) is 9.92. The number of thioether (sulfide) groups is 1. The fourth-order valence-corrected chi connectivity index (χ4v) is 3.88. The number of benzene rings is 2. The van der Waals surface area contributed by atoms with Crippen molar-refractivity contribution in [1.29, 1.82) is 0 Å². The van der Waals surface area contributed by atoms with E-state index in [9.17, 15) is 4.79 Å². The second-order valence-corrected chi connectivity index (χ2v) is 8.16. The summed E-state index contributed by atoms with van der Waals surface area (Å²) in [7, 11) is 0. The molecule has 1 amide bonds. The maximum absolute atomic E-state index is 12.3. The zero-order chi connectivity index (χ0) is 18.5. The molecular formula is C20H16BrNO2S2. The van der Waals surface area contributed by atoms with Crippen LogP contribution in [-0.2, 0) is 11.4 Å². The minimum Gasteiger partial charge on any atom is -0.489 e. The van der Waals surface area contributed by atoms with E-state index in [2.05, 4.69) is 22.5 Å². The molecule has 0 N–H and O–H groups in total. The summed E-state index contributed by atoms with van der Waals surface area (Å²) in [5.41, 5.74) is 2.03. The summed E-state index contributed by atoms with van der Waals surface area (Å²) >= 11 is 9.98. The number of hydrogen-bond acceptors (Lipinski definition) is 4. The molecule has 0 spiro atoms. The van der Waals surface area contributed by atoms with Crippen LogP contribution in [0.15, 0.2) is 70.6 Å². The average Bonchev–Trinajstić information content (AvgIpc) is 2.90. The molecule has 0 saturated carbocycles. The molecule has 3 rings (SSSR count). The van der Waals surface area contributed by atoms with Crippen LogP contribution in [-0.4, -0.2) is 21.7 Å². The van der Waals surface area contributed by atoms with Gasteiger partial charge in [0.2, 0.25) is 0 Å². The molecule has 1 fully saturated rings. The van der Waals surface area contributed by atoms with E-state index in [1.54, 1.807) is 11.0 Å². The molecule has 2 aromatic carbocycles. The maximum Gasteiger partial charge on any atom is 0.266 e. The highest BCUT2D eigenvalue weighted by Crippen LogP contribution is 2.32. The van der Waals surface area contributed by atoms with E-state index in [1.807, 2.05) is 54.6 Å². The topological polar surface area (TPSA) is 29.5 Å². The molecule has 0 radical (unpaired) electrons. The van der Waals surface area contributed by atoms with Gasteiger partial charge in [0, 0.05) is 11.0 Å². The molecule has 26 heavy (non-hydrogen) atoms. The number of carbonyl (C=O) groups excluding carboxylic acids is 1. The summed E-state index contributed by atoms with van der Waals surface area (Å²) in [5, 5.41) is 0. The summed E-state index contributed by atoms with van der Waals surface area (Å²) in [5.74, 6) is 0.708. The van der Waals surface area contributed by atoms with E-state index in [0.717, 1.165) is 21.3 Å². The third-order valence-electron chi connectivity index (χ3n) is 3.68. The van der Waals surface area contributed by atoms with Crippen molar-refractivity contribution < 1.29 is 9.53 Å². The van der Waals surface area contributed by atoms with Crippen LogP contribution in [0.3, 0.4) is 0 Å². The number of rotatable bonds is 6. The van der Waals surface area contributed by atoms with Gasteiger partial charge in [-0.1, -0.05) is 70.3 Å². The van der Waals surface area contributed by atoms with Gasteiger partial charge in [-0.3, -0.25) is 9.69 Å². The molecule has 132 valence electrons. The third-order valence-corrected chi connectivity index (χ3v) is 5.59. The Hall–Kier alpha value is -1.89. The largest absolute Gasteiger partial charge is 0.489 e. The van der Waals surface area contributed by atoms with E-state index in [1.165, 1.54) is 11.8 Å². The van der Waals surface area contributed by atoms with Gasteiger partial charge in [-0.25, -0.2) is 0 Å². The van der Waals surface area contributed by atoms with Crippen LogP contribution in [0.1, 0.15) is 11.1 Å². The predicted molar refractivity (Wildman–Crippen MR) is 115 cm³/mol. The van der Waals surface area contributed by atoms with Gasteiger partial charge in [0.15, 0.2) is 0 Å². The van der Waals surface area contributed by atoms with Crippen molar-refractivity contribution in [3.8, 4) is 5.75 Å². The predicted octanol–water partition coefficient (Wildman–Crippen LogP) is 5.42. The lowest BCUT2D eigenvalue weighted by Crippen LogP contribution is -2.27. The Balaban J connectivity index is 1.64. The first-order chi connectivity index (χ1) is 12.6. The van der Waals surface area contributed by atoms with Crippen LogP contribution < -0.4 is 4.74 Å². The molecule has 3 nitrogen and oxygen atoms in total. The fourth-order valence-electron chi connectivity index (χ4n) is 2.35. The minimum atomic E-state index is -0.0736. The summed E-state index contributed by atoms with van der Waals surface area (Å²) in [6, 6.07) is 15.7. The van der Waals surface area contributed by atoms with Crippen LogP contribution >= 0.6 is 39.9 Å². The molecule has 2 aromatic rings. The molecule has 1 saturated heterocycles. The van der Waals surface area contributed by atoms with Gasteiger partial charge in [0.1, 0.15) is 16.7 Å². The van der Waals surface area contributed by atoms with E-state index in [-0.39, 0.29) is 5.91 Å². The normalized spacial score (nSPS) is 15.6. The van der Waals surface area contributed by atoms with Gasteiger partial charge in [0.05, 0.1) is 4.91 Å². The molecule has 0 atom stereocenters. The van der Waals surface area contributed by atoms with Crippen LogP contribution in [0.25, 0.3) is 6.08 Å². The van der Waals surface area contributed by atoms with Crippen molar-refractivity contribution in [2.45, 2.75) is 6.61 Å². The summed E-state index contributed by atoms with van der Waals surface area (Å²) in [4.78, 5) is 14.5. The SMILES string of the molecule is C=CCN1C(=O)/C(=C\c2ccc(OCc3ccc(Br)cc3)cc2)SC1=S. The average molecular weight is 446 g/mol. The molecule has 0 unspecified atom stereocenters. The Labute approximate surface area is 170 Å². The Kier molecular flexibility index (Phi) is 6.29. The first kappa shape index (κ1) is 18.9. The van der Waals surface area contributed by atoms with E-state index in [4.69, 9.17) is 17.0 Å². The van der Waals surface area contributed by atoms with Gasteiger partial charge in [0.25, 0.3) is 5.91 Å². The van der Waals surface area contributed by atoms with Crippen molar-refractivity contribution in [2.24, 2.45) is 0 Å². The van der Waals surface area contributed by atoms with Crippen molar-refractivity contribution >= 4 is 56.2 Å². The highest BCUT2D eigenvalue weighted by molar-refractivity contribution is 9.10. The van der Waals surface area contributed by atoms with Crippen LogP contribution in [0.2, 0.25) is 0 Å². The molecule has 0 aromatic heterocycles. The monoisotopic (exact) mass is 445 g/mol. The number of ether oxygens (including phenoxy) is 1. The van der Waals surface area contributed by atoms with Gasteiger partial charge in [-0.05, 0) is 41.5 Å². The van der Waals surface area contributed by atoms with Crippen molar-refractivity contribution in [2.75, 3.05) is 6.54 Å². The quantitative estimate of drug-likeness (QED) is 0.337. The zero-order valence-electron chi connectivity index (χ0n) is 13.9. The number of hydrogen-bond donors (Lipinski definition) is 0. The maximum atomic E-state index is 12.3. The molecule has 0 bridgehead atoms. The Morgan fingerprint density at radius 1 is 1.15 bits per heavy atom. The molecule has 1 aliphatic heterocycles. The van der Waals surface area contributed by atoms with Crippen LogP contribution in [0.5, 0.6) is 5.75 Å². The summed E-state index contributed by atoms with van der Waals surface area (Å²) < 4.78 is 7.41. The van der Waals surface area contributed by atoms with Crippen molar-refractivity contribution in [3.63, 3.8) is 0 Å². The van der Waals surface area contributed by atoms with E-state index in [0.29, 0.717) is 22.4 Å². The van der Waals surface area contributed by atoms with Crippen molar-refractivity contribution in [3.05, 3.63) is 81.7 Å². The second-order valence-electron chi connectivity index (χ2n) is 5.57. The standard InChI is InChI=1S/C20H16BrNO2S2/c1-2-11-22-19(23)18(26-20(22)25)12-14-5-9-17(10-6-14)24-13-15-3-7-16(21)8-4-15/h2-10,12H,1,11,13H2/b18-12+. The molecule has 1 heterocycles. The first-order valence-electron chi connectivity index (χ1n) is 7.90. The Bertz CT molecular complexity index is 860. The summed E-state index contributed by atoms with van der Waals surface area (Å²) in [6.07, 6.45) is 3.52. The smallest absolute Gasteiger partial charge is 0.266 e. The third kappa shape index (κ3) is 4.63. The van der Waals surface area contributed by atoms with Gasteiger partial charge >= 0.3 is 0 Å². The number of amides is 1. The molecule has 6 heteroatoms. The van der Waals surface area contributed by atoms with E-state index >= 15 is 0 Å². The van der Waals surface area contributed by atoms with Gasteiger partial charge in [-0.2, -0.15) is 0 Å². The summed E-state index contributed by atoms with van der Waals surface area (Å²) in [6.45, 7) is 4.60. The highest BCUT2D eigenvalue weighted by Gasteiger charge is 2.30. The van der Waals surface area contributed by atoms with Gasteiger partial charge in [-0.15, -0.1) is 6.58 Å². The lowest BCUT2D eigenvalue weighted by Gasteiger charge is -2.10. The van der Waals surface area contributed by atoms with Crippen molar-refractivity contribution in [1.82, 2.24) is 4.90 Å². The highest BCUT2D eigenvalue weighted by atomic mass is 79.9. The lowest BCUT2D eigenvalue weighted by molar-refractivity contribution is -0.121. The number of nitrogens with zero attached hydrogens (tertiary/aromatic N) is 1. The Morgan fingerprint density at radius 2 is 1.85 bits per heavy atom. The zero-order valence-corrected chi connectivity index (χ0v) is 17.1. The molecule has 1 aliphatic rings. The number of halogens is 1. The fraction of sp³-hybridized carbons (Fsp3) is 0.100. The molecule has 0 aliphatic carbocycles. The lowest BCUT2D eigenvalue weighted by atomic mass is 10.2. The number of carbonyl (C=O) groups is 1. The Morgan fingerprint density at radius 3 is 2.50 bits per heavy atom. The number of thiocarbonyl (C=S) groups is 1. The van der Waals surface area contributed by atoms with Crippen LogP contribution in [0.4, 0.5) is 0 Å². The van der Waals surface area contributed by atoms with Crippen LogP contribution in [0, 0.1) is 0 Å². The minimum absolute atomic E-state index is 0.0736.